The topological polar surface area (TPSA) is 161 Å². The summed E-state index contributed by atoms with van der Waals surface area (Å²) < 4.78 is 23.4. The van der Waals surface area contributed by atoms with Crippen LogP contribution in [0.5, 0.6) is 0 Å². The Kier molecular flexibility index (Phi) is 6.24. The Hall–Kier alpha value is -3.48. The molecule has 3 heterocycles. The fourth-order valence-electron chi connectivity index (χ4n) is 3.23. The van der Waals surface area contributed by atoms with Gasteiger partial charge in [-0.25, -0.2) is 4.98 Å². The Balaban J connectivity index is 2.07. The van der Waals surface area contributed by atoms with Gasteiger partial charge in [-0.05, 0) is 0 Å². The molecule has 0 amide bonds. The summed E-state index contributed by atoms with van der Waals surface area (Å²) in [5.74, 6) is -1.28. The third-order valence-corrected chi connectivity index (χ3v) is 4.45. The number of carbonyl (C=O) groups excluding carboxylic acids is 3. The van der Waals surface area contributed by atoms with Crippen molar-refractivity contribution in [2.75, 3.05) is 31.3 Å². The van der Waals surface area contributed by atoms with Gasteiger partial charge < -0.3 is 29.6 Å². The third-order valence-electron chi connectivity index (χ3n) is 4.45. The zero-order valence-corrected chi connectivity index (χ0v) is 17.8. The lowest BCUT2D eigenvalue weighted by Gasteiger charge is -2.23. The Morgan fingerprint density at radius 3 is 2.32 bits per heavy atom. The van der Waals surface area contributed by atoms with Crippen molar-refractivity contribution in [1.82, 2.24) is 19.5 Å². The van der Waals surface area contributed by atoms with E-state index >= 15 is 0 Å². The van der Waals surface area contributed by atoms with Gasteiger partial charge in [-0.2, -0.15) is 9.97 Å². The summed E-state index contributed by atoms with van der Waals surface area (Å²) in [4.78, 5) is 49.3. The molecule has 0 unspecified atom stereocenters. The average molecular weight is 436 g/mol. The summed E-state index contributed by atoms with van der Waals surface area (Å²) in [5, 5.41) is 0. The molecule has 4 atom stereocenters. The first-order valence-corrected chi connectivity index (χ1v) is 9.39. The van der Waals surface area contributed by atoms with Gasteiger partial charge in [0, 0.05) is 34.9 Å². The zero-order valence-electron chi connectivity index (χ0n) is 17.8. The van der Waals surface area contributed by atoms with Gasteiger partial charge in [-0.3, -0.25) is 19.0 Å². The first-order valence-electron chi connectivity index (χ1n) is 9.39. The number of aromatic nitrogens is 4. The van der Waals surface area contributed by atoms with Crippen molar-refractivity contribution in [3.8, 4) is 0 Å². The highest BCUT2D eigenvalue weighted by molar-refractivity contribution is 5.83. The molecule has 0 bridgehead atoms. The molecule has 0 aromatic carbocycles. The van der Waals surface area contributed by atoms with E-state index < -0.39 is 42.4 Å². The second-order valence-corrected chi connectivity index (χ2v) is 7.14. The Labute approximate surface area is 177 Å². The van der Waals surface area contributed by atoms with E-state index in [0.29, 0.717) is 17.1 Å². The monoisotopic (exact) mass is 436 g/mol. The van der Waals surface area contributed by atoms with Crippen LogP contribution in [-0.4, -0.2) is 76.4 Å². The number of imidazole rings is 1. The maximum atomic E-state index is 11.8. The Morgan fingerprint density at radius 2 is 1.74 bits per heavy atom. The van der Waals surface area contributed by atoms with Crippen molar-refractivity contribution in [2.45, 2.75) is 45.3 Å². The predicted octanol–water partition coefficient (Wildman–Crippen LogP) is -0.202. The molecular formula is C18H24N6O7. The van der Waals surface area contributed by atoms with Gasteiger partial charge in [0.2, 0.25) is 5.95 Å². The van der Waals surface area contributed by atoms with Gasteiger partial charge in [0.25, 0.3) is 0 Å². The maximum absolute atomic E-state index is 11.8. The van der Waals surface area contributed by atoms with Crippen LogP contribution in [0.2, 0.25) is 0 Å². The number of nitrogens with two attached hydrogens (primary N) is 1. The molecule has 31 heavy (non-hydrogen) atoms. The molecule has 13 heteroatoms. The molecule has 13 nitrogen and oxygen atoms in total. The van der Waals surface area contributed by atoms with Gasteiger partial charge in [-0.15, -0.1) is 0 Å². The Bertz CT molecular complexity index is 1010. The van der Waals surface area contributed by atoms with Crippen molar-refractivity contribution < 1.29 is 33.3 Å². The van der Waals surface area contributed by atoms with E-state index in [-0.39, 0.29) is 12.4 Å². The molecule has 0 radical (unpaired) electrons. The van der Waals surface area contributed by atoms with E-state index in [9.17, 15) is 14.4 Å². The zero-order chi connectivity index (χ0) is 22.9. The standard InChI is InChI=1S/C18H24N6O7/c1-8(25)28-6-11-13(29-9(2)26)14(30-10(3)27)17(31-11)24-7-20-12-15(19)21-18(23(4)5)22-16(12)24/h7,11,13-14,17H,6H2,1-5H3,(H2,19,21,22)/t11-,13-,14-,17-/m1/s1. The molecular weight excluding hydrogens is 412 g/mol. The molecule has 1 aliphatic heterocycles. The number of hydrogen-bond acceptors (Lipinski definition) is 12. The molecule has 2 N–H and O–H groups in total. The number of rotatable bonds is 6. The third kappa shape index (κ3) is 4.66. The quantitative estimate of drug-likeness (QED) is 0.469. The van der Waals surface area contributed by atoms with Crippen LogP contribution in [0.4, 0.5) is 11.8 Å². The first kappa shape index (κ1) is 22.2. The Morgan fingerprint density at radius 1 is 1.10 bits per heavy atom. The van der Waals surface area contributed by atoms with Crippen LogP contribution < -0.4 is 10.6 Å². The second-order valence-electron chi connectivity index (χ2n) is 7.14. The minimum absolute atomic E-state index is 0.155. The van der Waals surface area contributed by atoms with E-state index in [1.807, 2.05) is 0 Å². The number of anilines is 2. The number of esters is 3. The van der Waals surface area contributed by atoms with Crippen LogP contribution in [0.15, 0.2) is 6.33 Å². The second kappa shape index (κ2) is 8.71. The lowest BCUT2D eigenvalue weighted by molar-refractivity contribution is -0.166. The van der Waals surface area contributed by atoms with Crippen molar-refractivity contribution in [3.05, 3.63) is 6.33 Å². The van der Waals surface area contributed by atoms with Crippen LogP contribution in [0.25, 0.3) is 11.2 Å². The van der Waals surface area contributed by atoms with E-state index in [0.717, 1.165) is 0 Å². The predicted molar refractivity (Wildman–Crippen MR) is 106 cm³/mol. The van der Waals surface area contributed by atoms with Crippen LogP contribution in [0.1, 0.15) is 27.0 Å². The number of carbonyl (C=O) groups is 3. The normalized spacial score (nSPS) is 22.9. The smallest absolute Gasteiger partial charge is 0.303 e. The lowest BCUT2D eigenvalue weighted by atomic mass is 10.1. The van der Waals surface area contributed by atoms with Crippen molar-refractivity contribution in [1.29, 1.82) is 0 Å². The molecule has 1 saturated heterocycles. The minimum atomic E-state index is -1.06. The number of ether oxygens (including phenoxy) is 4. The minimum Gasteiger partial charge on any atom is -0.463 e. The van der Waals surface area contributed by atoms with Crippen molar-refractivity contribution in [2.24, 2.45) is 0 Å². The highest BCUT2D eigenvalue weighted by Gasteiger charge is 2.51. The molecule has 0 saturated carbocycles. The van der Waals surface area contributed by atoms with Gasteiger partial charge in [0.15, 0.2) is 29.9 Å². The van der Waals surface area contributed by atoms with E-state index in [1.54, 1.807) is 19.0 Å². The largest absolute Gasteiger partial charge is 0.463 e. The van der Waals surface area contributed by atoms with Gasteiger partial charge in [0.05, 0.1) is 6.33 Å². The fraction of sp³-hybridized carbons (Fsp3) is 0.556. The summed E-state index contributed by atoms with van der Waals surface area (Å²) in [6.45, 7) is 3.46. The molecule has 168 valence electrons. The average Bonchev–Trinajstić information content (AvgIpc) is 3.21. The highest BCUT2D eigenvalue weighted by Crippen LogP contribution is 2.36. The van der Waals surface area contributed by atoms with E-state index in [2.05, 4.69) is 15.0 Å². The number of nitrogens with zero attached hydrogens (tertiary/aromatic N) is 5. The van der Waals surface area contributed by atoms with Gasteiger partial charge >= 0.3 is 17.9 Å². The number of fused-ring (bicyclic) bond motifs is 1. The number of nitrogen functional groups attached to an aromatic ring is 1. The van der Waals surface area contributed by atoms with Crippen LogP contribution >= 0.6 is 0 Å². The molecule has 2 aromatic heterocycles. The lowest BCUT2D eigenvalue weighted by Crippen LogP contribution is -2.40. The van der Waals surface area contributed by atoms with Crippen LogP contribution in [0, 0.1) is 0 Å². The van der Waals surface area contributed by atoms with E-state index in [4.69, 9.17) is 24.7 Å². The van der Waals surface area contributed by atoms with Crippen molar-refractivity contribution in [3.63, 3.8) is 0 Å². The van der Waals surface area contributed by atoms with Gasteiger partial charge in [0.1, 0.15) is 18.2 Å². The summed E-state index contributed by atoms with van der Waals surface area (Å²) >= 11 is 0. The summed E-state index contributed by atoms with van der Waals surface area (Å²) in [5.41, 5.74) is 6.67. The molecule has 3 rings (SSSR count). The van der Waals surface area contributed by atoms with E-state index in [1.165, 1.54) is 31.7 Å². The first-order chi connectivity index (χ1) is 14.6. The number of hydrogen-bond donors (Lipinski definition) is 1. The molecule has 2 aromatic rings. The molecule has 1 fully saturated rings. The molecule has 0 aliphatic carbocycles. The van der Waals surface area contributed by atoms with Crippen LogP contribution in [-0.2, 0) is 33.3 Å². The summed E-state index contributed by atoms with van der Waals surface area (Å²) in [6.07, 6.45) is -2.56. The fourth-order valence-corrected chi connectivity index (χ4v) is 3.23. The molecule has 0 spiro atoms. The molecule has 1 aliphatic rings. The maximum Gasteiger partial charge on any atom is 0.303 e. The van der Waals surface area contributed by atoms with Crippen LogP contribution in [0.3, 0.4) is 0 Å². The van der Waals surface area contributed by atoms with Crippen molar-refractivity contribution >= 4 is 40.8 Å². The highest BCUT2D eigenvalue weighted by atomic mass is 16.7. The SMILES string of the molecule is CC(=O)OC[C@H]1O[C@@H](n2cnc3c(N)nc(N(C)C)nc32)[C@H](OC(C)=O)[C@@H]1OC(C)=O. The summed E-state index contributed by atoms with van der Waals surface area (Å²) in [6, 6.07) is 0. The van der Waals surface area contributed by atoms with Gasteiger partial charge in [-0.1, -0.05) is 0 Å². The summed E-state index contributed by atoms with van der Waals surface area (Å²) in [7, 11) is 3.50.